The van der Waals surface area contributed by atoms with Crippen LogP contribution in [0.5, 0.6) is 0 Å². The summed E-state index contributed by atoms with van der Waals surface area (Å²) in [5.41, 5.74) is 5.63. The molecule has 9 rings (SSSR count). The van der Waals surface area contributed by atoms with Crippen LogP contribution in [0.1, 0.15) is 100 Å². The molecular formula is C45H56BrN3O6. The van der Waals surface area contributed by atoms with Crippen LogP contribution in [0, 0.1) is 34.5 Å². The monoisotopic (exact) mass is 813 g/mol. The van der Waals surface area contributed by atoms with E-state index in [-0.39, 0.29) is 40.8 Å². The SMILES string of the molecule is CC(=O)OC1CCC2(C)C(=CCC3C4CCC(=O)C4(C)CCC32)C1.COC12CC(COC(=O)c3cncc(Br)c3)CN(C)C1Cc1cn(C)c3cccc2c13. The molecule has 3 saturated carbocycles. The van der Waals surface area contributed by atoms with Crippen molar-refractivity contribution in [2.24, 2.45) is 41.5 Å². The minimum absolute atomic E-state index is 0.0438. The molecule has 10 heteroatoms. The molecule has 0 N–H and O–H groups in total. The number of likely N-dealkylation sites (N-methyl/N-ethyl adjacent to an activating group) is 1. The molecule has 1 saturated heterocycles. The van der Waals surface area contributed by atoms with Crippen molar-refractivity contribution in [3.8, 4) is 0 Å². The highest BCUT2D eigenvalue weighted by Gasteiger charge is 2.59. The third kappa shape index (κ3) is 6.52. The van der Waals surface area contributed by atoms with Crippen LogP contribution in [0.4, 0.5) is 0 Å². The maximum absolute atomic E-state index is 12.5. The fourth-order valence-corrected chi connectivity index (χ4v) is 12.7. The second-order valence-electron chi connectivity index (χ2n) is 17.9. The number of hydrogen-bond donors (Lipinski definition) is 0. The van der Waals surface area contributed by atoms with E-state index in [1.165, 1.54) is 47.1 Å². The average molecular weight is 815 g/mol. The lowest BCUT2D eigenvalue weighted by molar-refractivity contribution is -0.148. The summed E-state index contributed by atoms with van der Waals surface area (Å²) >= 11 is 3.35. The van der Waals surface area contributed by atoms with Crippen LogP contribution in [-0.2, 0) is 42.9 Å². The van der Waals surface area contributed by atoms with Crippen molar-refractivity contribution < 1.29 is 28.6 Å². The Hall–Kier alpha value is -3.34. The maximum atomic E-state index is 12.5. The lowest BCUT2D eigenvalue weighted by Gasteiger charge is -2.56. The van der Waals surface area contributed by atoms with E-state index in [0.29, 0.717) is 35.7 Å². The Balaban J connectivity index is 0.000000160. The standard InChI is InChI=1S/C24H26BrN3O3.C21H30O3/c1-27-13-17-8-21-24(30-3,19-5-4-6-20(27)22(17)19)9-15(12-28(21)2)14-31-23(29)16-7-18(25)11-26-10-16;1-13(22)24-15-8-10-20(2)14(12-15)4-5-16-17-6-7-19(23)21(17,3)11-9-18(16)20/h4-7,10-11,13,15,21H,8-9,12,14H2,1-3H3;4,15-18H,5-12H2,1-3H3. The van der Waals surface area contributed by atoms with E-state index >= 15 is 0 Å². The lowest BCUT2D eigenvalue weighted by atomic mass is 9.48. The molecule has 0 radical (unpaired) electrons. The van der Waals surface area contributed by atoms with Crippen molar-refractivity contribution in [3.63, 3.8) is 0 Å². The van der Waals surface area contributed by atoms with Crippen LogP contribution in [0.25, 0.3) is 10.9 Å². The smallest absolute Gasteiger partial charge is 0.339 e. The lowest BCUT2D eigenvalue weighted by Crippen LogP contribution is -2.59. The normalized spacial score (nSPS) is 35.0. The van der Waals surface area contributed by atoms with Gasteiger partial charge >= 0.3 is 11.9 Å². The fraction of sp³-hybridized carbons (Fsp3) is 0.600. The molecule has 1 aliphatic heterocycles. The summed E-state index contributed by atoms with van der Waals surface area (Å²) in [4.78, 5) is 42.7. The molecule has 9 unspecified atom stereocenters. The number of Topliss-reactive ketones (excluding diaryl/α,β-unsaturated/α-hetero) is 1. The van der Waals surface area contributed by atoms with Gasteiger partial charge in [-0.3, -0.25) is 19.5 Å². The van der Waals surface area contributed by atoms with Crippen LogP contribution < -0.4 is 0 Å². The predicted molar refractivity (Wildman–Crippen MR) is 214 cm³/mol. The number of aryl methyl sites for hydroxylation is 1. The molecule has 4 fully saturated rings. The number of halogens is 1. The molecule has 9 atom stereocenters. The van der Waals surface area contributed by atoms with Gasteiger partial charge in [0.1, 0.15) is 17.5 Å². The molecular weight excluding hydrogens is 758 g/mol. The van der Waals surface area contributed by atoms with Crippen molar-refractivity contribution in [2.75, 3.05) is 27.3 Å². The number of carbonyl (C=O) groups excluding carboxylic acids is 3. The van der Waals surface area contributed by atoms with Gasteiger partial charge in [0, 0.05) is 91.8 Å². The van der Waals surface area contributed by atoms with Crippen LogP contribution >= 0.6 is 15.9 Å². The van der Waals surface area contributed by atoms with Gasteiger partial charge in [0.05, 0.1) is 12.2 Å². The van der Waals surface area contributed by atoms with Gasteiger partial charge in [-0.1, -0.05) is 37.6 Å². The van der Waals surface area contributed by atoms with Crippen LogP contribution in [0.15, 0.2) is 59.0 Å². The first-order chi connectivity index (χ1) is 26.3. The highest BCUT2D eigenvalue weighted by molar-refractivity contribution is 9.10. The zero-order valence-corrected chi connectivity index (χ0v) is 34.8. The molecule has 3 heterocycles. The van der Waals surface area contributed by atoms with Crippen LogP contribution in [0.2, 0.25) is 0 Å². The van der Waals surface area contributed by atoms with Crippen LogP contribution in [-0.4, -0.2) is 71.6 Å². The molecule has 9 nitrogen and oxygen atoms in total. The molecule has 0 amide bonds. The van der Waals surface area contributed by atoms with Crippen LogP contribution in [0.3, 0.4) is 0 Å². The van der Waals surface area contributed by atoms with E-state index < -0.39 is 5.60 Å². The summed E-state index contributed by atoms with van der Waals surface area (Å²) in [6.45, 7) is 7.41. The number of hydrogen-bond acceptors (Lipinski definition) is 8. The van der Waals surface area contributed by atoms with Gasteiger partial charge in [-0.25, -0.2) is 4.79 Å². The molecule has 0 spiro atoms. The number of methoxy groups -OCH3 is 1. The first kappa shape index (κ1) is 38.5. The molecule has 1 aromatic carbocycles. The third-order valence-corrected chi connectivity index (χ3v) is 15.5. The molecule has 2 aromatic heterocycles. The second kappa shape index (κ2) is 14.6. The van der Waals surface area contributed by atoms with E-state index in [2.05, 4.69) is 88.8 Å². The number of nitrogens with zero attached hydrogens (tertiary/aromatic N) is 3. The summed E-state index contributed by atoms with van der Waals surface area (Å²) in [5, 5.41) is 1.31. The van der Waals surface area contributed by atoms with Gasteiger partial charge in [0.15, 0.2) is 0 Å². The number of fused-ring (bicyclic) bond motifs is 7. The van der Waals surface area contributed by atoms with Crippen molar-refractivity contribution in [2.45, 2.75) is 103 Å². The number of benzene rings is 1. The number of esters is 2. The third-order valence-electron chi connectivity index (χ3n) is 15.0. The molecule has 0 bridgehead atoms. The number of pyridine rings is 1. The second-order valence-corrected chi connectivity index (χ2v) is 18.8. The Morgan fingerprint density at radius 3 is 2.58 bits per heavy atom. The number of ether oxygens (including phenoxy) is 3. The number of ketones is 1. The molecule has 294 valence electrons. The van der Waals surface area contributed by atoms with Gasteiger partial charge in [-0.15, -0.1) is 0 Å². The van der Waals surface area contributed by atoms with E-state index in [1.807, 2.05) is 7.11 Å². The molecule has 5 aliphatic carbocycles. The number of piperidine rings is 1. The average Bonchev–Trinajstić information content (AvgIpc) is 3.66. The summed E-state index contributed by atoms with van der Waals surface area (Å²) < 4.78 is 20.5. The highest BCUT2D eigenvalue weighted by Crippen LogP contribution is 2.64. The first-order valence-electron chi connectivity index (χ1n) is 20.3. The van der Waals surface area contributed by atoms with Crippen molar-refractivity contribution in [3.05, 3.63) is 75.7 Å². The Morgan fingerprint density at radius 1 is 1.04 bits per heavy atom. The summed E-state index contributed by atoms with van der Waals surface area (Å²) in [7, 11) is 6.07. The number of carbonyl (C=O) groups is 3. The minimum atomic E-state index is -0.421. The number of rotatable bonds is 5. The van der Waals surface area contributed by atoms with Gasteiger partial charge in [-0.2, -0.15) is 0 Å². The van der Waals surface area contributed by atoms with Gasteiger partial charge in [-0.05, 0) is 121 Å². The summed E-state index contributed by atoms with van der Waals surface area (Å²) in [6, 6.07) is 8.47. The Kier molecular flexibility index (Phi) is 10.2. The number of likely N-dealkylation sites (tertiary alicyclic amines) is 1. The van der Waals surface area contributed by atoms with Crippen molar-refractivity contribution in [1.29, 1.82) is 0 Å². The molecule has 3 aromatic rings. The minimum Gasteiger partial charge on any atom is -0.462 e. The predicted octanol–water partition coefficient (Wildman–Crippen LogP) is 8.36. The zero-order valence-electron chi connectivity index (χ0n) is 33.2. The Labute approximate surface area is 333 Å². The van der Waals surface area contributed by atoms with Gasteiger partial charge < -0.3 is 18.8 Å². The topological polar surface area (TPSA) is 100.0 Å². The first-order valence-corrected chi connectivity index (χ1v) is 21.1. The van der Waals surface area contributed by atoms with Crippen molar-refractivity contribution >= 4 is 44.6 Å². The summed E-state index contributed by atoms with van der Waals surface area (Å²) in [6.07, 6.45) is 18.0. The Morgan fingerprint density at radius 2 is 1.82 bits per heavy atom. The highest BCUT2D eigenvalue weighted by atomic mass is 79.9. The van der Waals surface area contributed by atoms with E-state index in [4.69, 9.17) is 14.2 Å². The van der Waals surface area contributed by atoms with E-state index in [0.717, 1.165) is 68.8 Å². The molecule has 6 aliphatic rings. The number of allylic oxidation sites excluding steroid dienone is 1. The summed E-state index contributed by atoms with van der Waals surface area (Å²) in [5.74, 6) is 2.16. The van der Waals surface area contributed by atoms with Gasteiger partial charge in [0.25, 0.3) is 0 Å². The maximum Gasteiger partial charge on any atom is 0.339 e. The fourth-order valence-electron chi connectivity index (χ4n) is 12.4. The van der Waals surface area contributed by atoms with E-state index in [9.17, 15) is 14.4 Å². The zero-order chi connectivity index (χ0) is 38.9. The number of aromatic nitrogens is 2. The molecule has 55 heavy (non-hydrogen) atoms. The Bertz CT molecular complexity index is 2040. The van der Waals surface area contributed by atoms with Gasteiger partial charge in [0.2, 0.25) is 0 Å². The van der Waals surface area contributed by atoms with E-state index in [1.54, 1.807) is 12.3 Å². The largest absolute Gasteiger partial charge is 0.462 e. The quantitative estimate of drug-likeness (QED) is 0.187. The van der Waals surface area contributed by atoms with Crippen molar-refractivity contribution in [1.82, 2.24) is 14.5 Å².